The first-order valence-corrected chi connectivity index (χ1v) is 5.35. The molecule has 1 aromatic carbocycles. The summed E-state index contributed by atoms with van der Waals surface area (Å²) in [6, 6.07) is 4.73. The molecule has 94 valence electrons. The minimum Gasteiger partial charge on any atom is -0.399 e. The number of benzene rings is 1. The maximum absolute atomic E-state index is 11.8. The Labute approximate surface area is 105 Å². The number of hydrogen-bond acceptors (Lipinski definition) is 4. The van der Waals surface area contributed by atoms with Gasteiger partial charge in [-0.15, -0.1) is 0 Å². The van der Waals surface area contributed by atoms with E-state index in [1.54, 1.807) is 12.1 Å². The number of methoxy groups -OCH3 is 2. The third kappa shape index (κ3) is 3.89. The Bertz CT molecular complexity index is 394. The van der Waals surface area contributed by atoms with Gasteiger partial charge < -0.3 is 20.5 Å². The van der Waals surface area contributed by atoms with Crippen LogP contribution in [0.5, 0.6) is 0 Å². The average molecular weight is 259 g/mol. The first-order chi connectivity index (χ1) is 8.08. The molecule has 5 nitrogen and oxygen atoms in total. The van der Waals surface area contributed by atoms with Crippen LogP contribution in [-0.4, -0.2) is 33.0 Å². The number of nitrogens with one attached hydrogen (secondary N) is 1. The highest BCUT2D eigenvalue weighted by Crippen LogP contribution is 2.18. The van der Waals surface area contributed by atoms with Crippen molar-refractivity contribution in [2.24, 2.45) is 0 Å². The Balaban J connectivity index is 2.66. The van der Waals surface area contributed by atoms with Crippen LogP contribution < -0.4 is 11.1 Å². The van der Waals surface area contributed by atoms with Gasteiger partial charge in [-0.1, -0.05) is 11.6 Å². The first kappa shape index (κ1) is 13.8. The van der Waals surface area contributed by atoms with E-state index in [-0.39, 0.29) is 12.5 Å². The van der Waals surface area contributed by atoms with Gasteiger partial charge in [0.05, 0.1) is 17.1 Å². The van der Waals surface area contributed by atoms with Crippen LogP contribution in [0.3, 0.4) is 0 Å². The van der Waals surface area contributed by atoms with E-state index in [9.17, 15) is 4.79 Å². The molecule has 0 fully saturated rings. The summed E-state index contributed by atoms with van der Waals surface area (Å²) in [6.45, 7) is 0.233. The molecular weight excluding hydrogens is 244 g/mol. The molecule has 1 amide bonds. The molecule has 6 heteroatoms. The SMILES string of the molecule is COC(CNC(=O)c1cc(N)ccc1Cl)OC. The van der Waals surface area contributed by atoms with Crippen LogP contribution >= 0.6 is 11.6 Å². The molecule has 0 aromatic heterocycles. The Hall–Kier alpha value is -1.30. The van der Waals surface area contributed by atoms with E-state index in [0.29, 0.717) is 16.3 Å². The second-order valence-corrected chi connectivity index (χ2v) is 3.76. The van der Waals surface area contributed by atoms with Gasteiger partial charge in [-0.05, 0) is 18.2 Å². The number of nitrogens with two attached hydrogens (primary N) is 1. The van der Waals surface area contributed by atoms with Gasteiger partial charge in [-0.25, -0.2) is 0 Å². The Morgan fingerprint density at radius 1 is 1.47 bits per heavy atom. The van der Waals surface area contributed by atoms with Gasteiger partial charge in [0.1, 0.15) is 0 Å². The van der Waals surface area contributed by atoms with Gasteiger partial charge in [0.25, 0.3) is 5.91 Å². The molecule has 17 heavy (non-hydrogen) atoms. The molecule has 0 heterocycles. The molecule has 0 atom stereocenters. The highest BCUT2D eigenvalue weighted by atomic mass is 35.5. The maximum Gasteiger partial charge on any atom is 0.253 e. The monoisotopic (exact) mass is 258 g/mol. The van der Waals surface area contributed by atoms with E-state index in [2.05, 4.69) is 5.32 Å². The fourth-order valence-corrected chi connectivity index (χ4v) is 1.45. The summed E-state index contributed by atoms with van der Waals surface area (Å²) in [5, 5.41) is 2.99. The summed E-state index contributed by atoms with van der Waals surface area (Å²) < 4.78 is 9.89. The molecule has 0 saturated heterocycles. The van der Waals surface area contributed by atoms with Crippen molar-refractivity contribution < 1.29 is 14.3 Å². The molecule has 0 spiro atoms. The van der Waals surface area contributed by atoms with Crippen LogP contribution in [0.4, 0.5) is 5.69 Å². The van der Waals surface area contributed by atoms with Crippen molar-refractivity contribution in [1.29, 1.82) is 0 Å². The van der Waals surface area contributed by atoms with Crippen LogP contribution in [0.1, 0.15) is 10.4 Å². The number of carbonyl (C=O) groups excluding carboxylic acids is 1. The van der Waals surface area contributed by atoms with Gasteiger partial charge >= 0.3 is 0 Å². The third-order valence-corrected chi connectivity index (χ3v) is 2.52. The number of rotatable bonds is 5. The largest absolute Gasteiger partial charge is 0.399 e. The van der Waals surface area contributed by atoms with Crippen LogP contribution in [-0.2, 0) is 9.47 Å². The zero-order valence-corrected chi connectivity index (χ0v) is 10.5. The molecular formula is C11H15ClN2O3. The Morgan fingerprint density at radius 3 is 2.71 bits per heavy atom. The second-order valence-electron chi connectivity index (χ2n) is 3.35. The number of amides is 1. The van der Waals surface area contributed by atoms with Crippen LogP contribution in [0.25, 0.3) is 0 Å². The first-order valence-electron chi connectivity index (χ1n) is 4.97. The standard InChI is InChI=1S/C11H15ClN2O3/c1-16-10(17-2)6-14-11(15)8-5-7(13)3-4-9(8)12/h3-5,10H,6,13H2,1-2H3,(H,14,15). The lowest BCUT2D eigenvalue weighted by atomic mass is 10.2. The molecule has 1 rings (SSSR count). The lowest BCUT2D eigenvalue weighted by Crippen LogP contribution is -2.34. The highest BCUT2D eigenvalue weighted by molar-refractivity contribution is 6.34. The van der Waals surface area contributed by atoms with Crippen LogP contribution in [0.15, 0.2) is 18.2 Å². The van der Waals surface area contributed by atoms with Crippen molar-refractivity contribution in [2.45, 2.75) is 6.29 Å². The molecule has 1 aromatic rings. The molecule has 0 aliphatic carbocycles. The summed E-state index contributed by atoms with van der Waals surface area (Å²) >= 11 is 5.90. The van der Waals surface area contributed by atoms with E-state index in [1.807, 2.05) is 0 Å². The van der Waals surface area contributed by atoms with Gasteiger partial charge in [0.15, 0.2) is 6.29 Å². The Kier molecular flexibility index (Phi) is 5.21. The molecule has 0 unspecified atom stereocenters. The number of hydrogen-bond donors (Lipinski definition) is 2. The number of carbonyl (C=O) groups is 1. The quantitative estimate of drug-likeness (QED) is 0.616. The number of halogens is 1. The molecule has 0 saturated carbocycles. The van der Waals surface area contributed by atoms with E-state index in [4.69, 9.17) is 26.8 Å². The van der Waals surface area contributed by atoms with Crippen LogP contribution in [0, 0.1) is 0 Å². The van der Waals surface area contributed by atoms with Crippen molar-refractivity contribution >= 4 is 23.2 Å². The van der Waals surface area contributed by atoms with Gasteiger partial charge in [0.2, 0.25) is 0 Å². The molecule has 0 radical (unpaired) electrons. The smallest absolute Gasteiger partial charge is 0.253 e. The normalized spacial score (nSPS) is 10.6. The number of anilines is 1. The van der Waals surface area contributed by atoms with E-state index < -0.39 is 6.29 Å². The zero-order valence-electron chi connectivity index (χ0n) is 9.70. The minimum atomic E-state index is -0.487. The summed E-state index contributed by atoms with van der Waals surface area (Å²) in [6.07, 6.45) is -0.487. The second kappa shape index (κ2) is 6.44. The fraction of sp³-hybridized carbons (Fsp3) is 0.364. The van der Waals surface area contributed by atoms with Crippen molar-refractivity contribution in [3.8, 4) is 0 Å². The zero-order chi connectivity index (χ0) is 12.8. The lowest BCUT2D eigenvalue weighted by molar-refractivity contribution is -0.0974. The van der Waals surface area contributed by atoms with Crippen molar-refractivity contribution in [3.05, 3.63) is 28.8 Å². The molecule has 0 aliphatic rings. The molecule has 3 N–H and O–H groups in total. The lowest BCUT2D eigenvalue weighted by Gasteiger charge is -2.14. The predicted molar refractivity (Wildman–Crippen MR) is 66.0 cm³/mol. The van der Waals surface area contributed by atoms with E-state index >= 15 is 0 Å². The Morgan fingerprint density at radius 2 is 2.12 bits per heavy atom. The average Bonchev–Trinajstić information content (AvgIpc) is 2.33. The van der Waals surface area contributed by atoms with Gasteiger partial charge in [-0.2, -0.15) is 0 Å². The van der Waals surface area contributed by atoms with E-state index in [1.165, 1.54) is 20.3 Å². The topological polar surface area (TPSA) is 73.6 Å². The van der Waals surface area contributed by atoms with Crippen molar-refractivity contribution in [2.75, 3.05) is 26.5 Å². The predicted octanol–water partition coefficient (Wildman–Crippen LogP) is 1.27. The van der Waals surface area contributed by atoms with Crippen molar-refractivity contribution in [3.63, 3.8) is 0 Å². The maximum atomic E-state index is 11.8. The van der Waals surface area contributed by atoms with Gasteiger partial charge in [0, 0.05) is 19.9 Å². The highest BCUT2D eigenvalue weighted by Gasteiger charge is 2.12. The third-order valence-electron chi connectivity index (χ3n) is 2.19. The minimum absolute atomic E-state index is 0.233. The van der Waals surface area contributed by atoms with Crippen molar-refractivity contribution in [1.82, 2.24) is 5.32 Å². The molecule has 0 aliphatic heterocycles. The fourth-order valence-electron chi connectivity index (χ4n) is 1.25. The summed E-state index contributed by atoms with van der Waals surface area (Å²) in [4.78, 5) is 11.8. The van der Waals surface area contributed by atoms with E-state index in [0.717, 1.165) is 0 Å². The summed E-state index contributed by atoms with van der Waals surface area (Å²) in [5.41, 5.74) is 6.40. The number of ether oxygens (including phenoxy) is 2. The molecule has 0 bridgehead atoms. The van der Waals surface area contributed by atoms with Crippen LogP contribution in [0.2, 0.25) is 5.02 Å². The van der Waals surface area contributed by atoms with Gasteiger partial charge in [-0.3, -0.25) is 4.79 Å². The summed E-state index contributed by atoms with van der Waals surface area (Å²) in [7, 11) is 2.99. The summed E-state index contributed by atoms with van der Waals surface area (Å²) in [5.74, 6) is -0.318. The number of nitrogen functional groups attached to an aromatic ring is 1.